The summed E-state index contributed by atoms with van der Waals surface area (Å²) in [5, 5.41) is 3.24. The summed E-state index contributed by atoms with van der Waals surface area (Å²) in [7, 11) is 0. The molecule has 0 saturated carbocycles. The Bertz CT molecular complexity index is 477. The van der Waals surface area contributed by atoms with Crippen molar-refractivity contribution in [2.75, 3.05) is 6.61 Å². The van der Waals surface area contributed by atoms with Gasteiger partial charge in [0, 0.05) is 17.5 Å². The van der Waals surface area contributed by atoms with Gasteiger partial charge in [0.15, 0.2) is 6.61 Å². The fraction of sp³-hybridized carbons (Fsp3) is 0.385. The first kappa shape index (κ1) is 15.3. The van der Waals surface area contributed by atoms with E-state index in [0.29, 0.717) is 10.8 Å². The Labute approximate surface area is 117 Å². The molecule has 6 heteroatoms. The van der Waals surface area contributed by atoms with Gasteiger partial charge < -0.3 is 15.8 Å². The van der Waals surface area contributed by atoms with E-state index < -0.39 is 5.91 Å². The maximum Gasteiger partial charge on any atom is 0.258 e. The van der Waals surface area contributed by atoms with Crippen molar-refractivity contribution in [3.8, 4) is 5.75 Å². The van der Waals surface area contributed by atoms with Crippen molar-refractivity contribution in [2.45, 2.75) is 26.3 Å². The Morgan fingerprint density at radius 2 is 2.16 bits per heavy atom. The molecule has 0 saturated heterocycles. The number of aryl methyl sites for hydroxylation is 1. The number of ether oxygens (including phenoxy) is 1. The molecule has 2 amide bonds. The second-order valence-electron chi connectivity index (χ2n) is 4.34. The number of halogens is 1. The zero-order valence-electron chi connectivity index (χ0n) is 10.9. The summed E-state index contributed by atoms with van der Waals surface area (Å²) in [6.07, 6.45) is 0.103. The molecular formula is C13H17ClN2O3. The lowest BCUT2D eigenvalue weighted by molar-refractivity contribution is -0.124. The van der Waals surface area contributed by atoms with E-state index in [-0.39, 0.29) is 25.0 Å². The van der Waals surface area contributed by atoms with E-state index in [9.17, 15) is 9.59 Å². The van der Waals surface area contributed by atoms with Gasteiger partial charge in [0.05, 0.1) is 0 Å². The maximum atomic E-state index is 11.6. The minimum absolute atomic E-state index is 0.103. The summed E-state index contributed by atoms with van der Waals surface area (Å²) in [5.41, 5.74) is 5.89. The summed E-state index contributed by atoms with van der Waals surface area (Å²) in [4.78, 5) is 22.2. The maximum absolute atomic E-state index is 11.6. The molecule has 0 aliphatic heterocycles. The summed E-state index contributed by atoms with van der Waals surface area (Å²) in [6.45, 7) is 3.43. The predicted octanol–water partition coefficient (Wildman–Crippen LogP) is 1.41. The third-order valence-corrected chi connectivity index (χ3v) is 2.65. The van der Waals surface area contributed by atoms with Gasteiger partial charge >= 0.3 is 0 Å². The molecular weight excluding hydrogens is 268 g/mol. The predicted molar refractivity (Wildman–Crippen MR) is 73.1 cm³/mol. The van der Waals surface area contributed by atoms with Gasteiger partial charge in [-0.25, -0.2) is 0 Å². The van der Waals surface area contributed by atoms with Crippen LogP contribution < -0.4 is 15.8 Å². The number of carbonyl (C=O) groups is 2. The zero-order valence-corrected chi connectivity index (χ0v) is 11.7. The molecule has 5 nitrogen and oxygen atoms in total. The quantitative estimate of drug-likeness (QED) is 0.829. The summed E-state index contributed by atoms with van der Waals surface area (Å²) in [5.74, 6) is -0.160. The van der Waals surface area contributed by atoms with Crippen LogP contribution in [-0.4, -0.2) is 24.5 Å². The number of hydrogen-bond donors (Lipinski definition) is 2. The van der Waals surface area contributed by atoms with Crippen LogP contribution in [0.2, 0.25) is 5.02 Å². The largest absolute Gasteiger partial charge is 0.484 e. The van der Waals surface area contributed by atoms with Gasteiger partial charge in [-0.05, 0) is 37.6 Å². The molecule has 1 atom stereocenters. The Hall–Kier alpha value is -1.75. The lowest BCUT2D eigenvalue weighted by Gasteiger charge is -2.13. The highest BCUT2D eigenvalue weighted by molar-refractivity contribution is 6.30. The van der Waals surface area contributed by atoms with Crippen LogP contribution in [0.1, 0.15) is 18.9 Å². The van der Waals surface area contributed by atoms with Crippen molar-refractivity contribution in [1.29, 1.82) is 0 Å². The molecule has 0 aliphatic carbocycles. The number of hydrogen-bond acceptors (Lipinski definition) is 3. The highest BCUT2D eigenvalue weighted by Crippen LogP contribution is 2.21. The minimum Gasteiger partial charge on any atom is -0.484 e. The Morgan fingerprint density at radius 1 is 1.47 bits per heavy atom. The fourth-order valence-corrected chi connectivity index (χ4v) is 1.81. The number of amides is 2. The molecule has 1 unspecified atom stereocenters. The number of nitrogens with two attached hydrogens (primary N) is 1. The fourth-order valence-electron chi connectivity index (χ4n) is 1.59. The topological polar surface area (TPSA) is 81.4 Å². The lowest BCUT2D eigenvalue weighted by Crippen LogP contribution is -2.38. The smallest absolute Gasteiger partial charge is 0.258 e. The first-order valence-corrected chi connectivity index (χ1v) is 6.23. The molecule has 104 valence electrons. The molecule has 1 rings (SSSR count). The van der Waals surface area contributed by atoms with Crippen LogP contribution >= 0.6 is 11.6 Å². The SMILES string of the molecule is Cc1cc(Cl)ccc1OCC(=O)NC(C)CC(N)=O. The molecule has 3 N–H and O–H groups in total. The number of rotatable bonds is 6. The van der Waals surface area contributed by atoms with Gasteiger partial charge in [0.2, 0.25) is 5.91 Å². The molecule has 0 radical (unpaired) electrons. The highest BCUT2D eigenvalue weighted by Gasteiger charge is 2.11. The molecule has 0 spiro atoms. The summed E-state index contributed by atoms with van der Waals surface area (Å²) in [6, 6.07) is 4.85. The van der Waals surface area contributed by atoms with Gasteiger partial charge in [0.1, 0.15) is 5.75 Å². The van der Waals surface area contributed by atoms with E-state index in [1.807, 2.05) is 6.92 Å². The molecule has 1 aromatic carbocycles. The van der Waals surface area contributed by atoms with Crippen molar-refractivity contribution in [3.05, 3.63) is 28.8 Å². The molecule has 19 heavy (non-hydrogen) atoms. The third kappa shape index (κ3) is 5.61. The molecule has 0 heterocycles. The van der Waals surface area contributed by atoms with Crippen LogP contribution in [0.15, 0.2) is 18.2 Å². The first-order valence-electron chi connectivity index (χ1n) is 5.85. The van der Waals surface area contributed by atoms with E-state index in [2.05, 4.69) is 5.32 Å². The Morgan fingerprint density at radius 3 is 2.74 bits per heavy atom. The van der Waals surface area contributed by atoms with E-state index in [4.69, 9.17) is 22.1 Å². The zero-order chi connectivity index (χ0) is 14.4. The van der Waals surface area contributed by atoms with Gasteiger partial charge in [-0.3, -0.25) is 9.59 Å². The van der Waals surface area contributed by atoms with E-state index in [1.54, 1.807) is 25.1 Å². The second kappa shape index (κ2) is 6.99. The third-order valence-electron chi connectivity index (χ3n) is 2.41. The van der Waals surface area contributed by atoms with Crippen molar-refractivity contribution < 1.29 is 14.3 Å². The molecule has 0 bridgehead atoms. The van der Waals surface area contributed by atoms with Crippen LogP contribution in [0, 0.1) is 6.92 Å². The van der Waals surface area contributed by atoms with Crippen molar-refractivity contribution >= 4 is 23.4 Å². The van der Waals surface area contributed by atoms with Gasteiger partial charge in [-0.2, -0.15) is 0 Å². The van der Waals surface area contributed by atoms with Crippen LogP contribution in [0.5, 0.6) is 5.75 Å². The average Bonchev–Trinajstić information content (AvgIpc) is 2.26. The van der Waals surface area contributed by atoms with Gasteiger partial charge in [-0.15, -0.1) is 0 Å². The Balaban J connectivity index is 2.43. The summed E-state index contributed by atoms with van der Waals surface area (Å²) < 4.78 is 5.37. The van der Waals surface area contributed by atoms with E-state index >= 15 is 0 Å². The van der Waals surface area contributed by atoms with Gasteiger partial charge in [0.25, 0.3) is 5.91 Å². The van der Waals surface area contributed by atoms with Crippen molar-refractivity contribution in [1.82, 2.24) is 5.32 Å². The number of carbonyl (C=O) groups excluding carboxylic acids is 2. The number of benzene rings is 1. The lowest BCUT2D eigenvalue weighted by atomic mass is 10.2. The average molecular weight is 285 g/mol. The Kier molecular flexibility index (Phi) is 5.63. The highest BCUT2D eigenvalue weighted by atomic mass is 35.5. The number of primary amides is 1. The monoisotopic (exact) mass is 284 g/mol. The van der Waals surface area contributed by atoms with Crippen LogP contribution in [0.3, 0.4) is 0 Å². The standard InChI is InChI=1S/C13H17ClN2O3/c1-8-5-10(14)3-4-11(8)19-7-13(18)16-9(2)6-12(15)17/h3-5,9H,6-7H2,1-2H3,(H2,15,17)(H,16,18). The second-order valence-corrected chi connectivity index (χ2v) is 4.77. The van der Waals surface area contributed by atoms with Crippen LogP contribution in [0.25, 0.3) is 0 Å². The van der Waals surface area contributed by atoms with Crippen molar-refractivity contribution in [3.63, 3.8) is 0 Å². The van der Waals surface area contributed by atoms with E-state index in [1.165, 1.54) is 0 Å². The molecule has 1 aromatic rings. The summed E-state index contributed by atoms with van der Waals surface area (Å²) >= 11 is 5.82. The van der Waals surface area contributed by atoms with Crippen LogP contribution in [-0.2, 0) is 9.59 Å². The molecule has 0 aromatic heterocycles. The first-order chi connectivity index (χ1) is 8.88. The van der Waals surface area contributed by atoms with Gasteiger partial charge in [-0.1, -0.05) is 11.6 Å². The molecule has 0 aliphatic rings. The van der Waals surface area contributed by atoms with Crippen LogP contribution in [0.4, 0.5) is 0 Å². The van der Waals surface area contributed by atoms with Crippen molar-refractivity contribution in [2.24, 2.45) is 5.73 Å². The number of nitrogens with one attached hydrogen (secondary N) is 1. The molecule has 0 fully saturated rings. The normalized spacial score (nSPS) is 11.7. The van der Waals surface area contributed by atoms with E-state index in [0.717, 1.165) is 5.56 Å². The minimum atomic E-state index is -0.456.